The van der Waals surface area contributed by atoms with Crippen molar-refractivity contribution in [3.05, 3.63) is 0 Å². The van der Waals surface area contributed by atoms with Crippen molar-refractivity contribution in [1.82, 2.24) is 0 Å². The molecule has 68 valence electrons. The Hall–Kier alpha value is -0.140. The van der Waals surface area contributed by atoms with Crippen molar-refractivity contribution < 1.29 is 8.78 Å². The Labute approximate surface area is 68.0 Å². The van der Waals surface area contributed by atoms with E-state index in [4.69, 9.17) is 0 Å². The largest absolute Gasteiger partial charge is 0.249 e. The molecule has 0 aliphatic heterocycles. The Bertz CT molecular complexity index is 111. The molecular formula is C9H18F2. The fraction of sp³-hybridized carbons (Fsp3) is 1.00. The molecule has 2 heteroatoms. The minimum atomic E-state index is -2.34. The second-order valence-corrected chi connectivity index (χ2v) is 3.37. The van der Waals surface area contributed by atoms with E-state index in [2.05, 4.69) is 0 Å². The first-order valence-corrected chi connectivity index (χ1v) is 4.35. The molecular weight excluding hydrogens is 146 g/mol. The van der Waals surface area contributed by atoms with Crippen molar-refractivity contribution in [2.45, 2.75) is 52.9 Å². The van der Waals surface area contributed by atoms with Gasteiger partial charge in [0.2, 0.25) is 5.92 Å². The molecule has 1 rings (SSSR count). The average Bonchev–Trinajstić information content (AvgIpc) is 1.88. The third-order valence-corrected chi connectivity index (χ3v) is 2.22. The molecule has 1 fully saturated rings. The van der Waals surface area contributed by atoms with Crippen LogP contribution in [0.25, 0.3) is 0 Å². The third-order valence-electron chi connectivity index (χ3n) is 2.22. The lowest BCUT2D eigenvalue weighted by molar-refractivity contribution is -0.154. The summed E-state index contributed by atoms with van der Waals surface area (Å²) in [6.45, 7) is 7.89. The summed E-state index contributed by atoms with van der Waals surface area (Å²) in [4.78, 5) is 0. The van der Waals surface area contributed by atoms with Crippen molar-refractivity contribution in [1.29, 1.82) is 0 Å². The molecule has 0 unspecified atom stereocenters. The van der Waals surface area contributed by atoms with Crippen LogP contribution in [0.3, 0.4) is 0 Å². The van der Waals surface area contributed by atoms with E-state index in [1.54, 1.807) is 0 Å². The highest BCUT2D eigenvalue weighted by atomic mass is 19.3. The summed E-state index contributed by atoms with van der Waals surface area (Å²) < 4.78 is 24.4. The maximum absolute atomic E-state index is 12.2. The Morgan fingerprint density at radius 3 is 1.64 bits per heavy atom. The van der Waals surface area contributed by atoms with Crippen molar-refractivity contribution >= 4 is 0 Å². The first kappa shape index (κ1) is 10.9. The number of rotatable bonds is 1. The first-order chi connectivity index (χ1) is 4.97. The van der Waals surface area contributed by atoms with Crippen LogP contribution in [0.15, 0.2) is 0 Å². The van der Waals surface area contributed by atoms with Gasteiger partial charge >= 0.3 is 0 Å². The van der Waals surface area contributed by atoms with Gasteiger partial charge in [-0.15, -0.1) is 0 Å². The summed E-state index contributed by atoms with van der Waals surface area (Å²) in [5.74, 6) is -2.34. The highest BCUT2D eigenvalue weighted by Gasteiger charge is 2.52. The van der Waals surface area contributed by atoms with Gasteiger partial charge < -0.3 is 0 Å². The van der Waals surface area contributed by atoms with Crippen LogP contribution < -0.4 is 0 Å². The van der Waals surface area contributed by atoms with E-state index in [-0.39, 0.29) is 18.3 Å². The lowest BCUT2D eigenvalue weighted by atomic mass is 9.66. The molecule has 0 spiro atoms. The fourth-order valence-electron chi connectivity index (χ4n) is 1.45. The molecule has 0 saturated heterocycles. The van der Waals surface area contributed by atoms with Gasteiger partial charge in [-0.25, -0.2) is 8.78 Å². The highest BCUT2D eigenvalue weighted by molar-refractivity contribution is 4.94. The van der Waals surface area contributed by atoms with Crippen molar-refractivity contribution in [2.75, 3.05) is 0 Å². The summed E-state index contributed by atoms with van der Waals surface area (Å²) in [6, 6.07) is 0. The lowest BCUT2D eigenvalue weighted by Crippen LogP contribution is -2.43. The zero-order valence-corrected chi connectivity index (χ0v) is 7.88. The molecule has 0 aromatic rings. The molecule has 0 atom stereocenters. The van der Waals surface area contributed by atoms with Crippen LogP contribution in [0.1, 0.15) is 47.0 Å². The molecule has 0 bridgehead atoms. The second-order valence-electron chi connectivity index (χ2n) is 3.37. The molecule has 0 N–H and O–H groups in total. The molecule has 1 saturated carbocycles. The summed E-state index contributed by atoms with van der Waals surface area (Å²) in [7, 11) is 0. The molecule has 0 heterocycles. The Morgan fingerprint density at radius 1 is 1.18 bits per heavy atom. The predicted molar refractivity (Wildman–Crippen MR) is 43.9 cm³/mol. The maximum Gasteiger partial charge on any atom is 0.249 e. The topological polar surface area (TPSA) is 0 Å². The quantitative estimate of drug-likeness (QED) is 0.552. The minimum Gasteiger partial charge on any atom is -0.207 e. The number of halogens is 2. The summed E-state index contributed by atoms with van der Waals surface area (Å²) in [5.41, 5.74) is -0.0521. The number of hydrogen-bond donors (Lipinski definition) is 0. The molecule has 0 nitrogen and oxygen atoms in total. The van der Waals surface area contributed by atoms with Crippen molar-refractivity contribution in [2.24, 2.45) is 5.41 Å². The number of alkyl halides is 2. The minimum absolute atomic E-state index is 0.0521. The molecule has 0 aromatic heterocycles. The van der Waals surface area contributed by atoms with Gasteiger partial charge in [-0.1, -0.05) is 34.1 Å². The van der Waals surface area contributed by atoms with Gasteiger partial charge in [0.25, 0.3) is 0 Å². The van der Waals surface area contributed by atoms with Crippen LogP contribution in [0.2, 0.25) is 0 Å². The summed E-state index contributed by atoms with van der Waals surface area (Å²) >= 11 is 0. The molecule has 0 aromatic carbocycles. The van der Waals surface area contributed by atoms with Gasteiger partial charge in [0.1, 0.15) is 0 Å². The van der Waals surface area contributed by atoms with Gasteiger partial charge in [0.15, 0.2) is 0 Å². The van der Waals surface area contributed by atoms with E-state index in [9.17, 15) is 8.78 Å². The van der Waals surface area contributed by atoms with Crippen molar-refractivity contribution in [3.63, 3.8) is 0 Å². The fourth-order valence-corrected chi connectivity index (χ4v) is 1.45. The van der Waals surface area contributed by atoms with Gasteiger partial charge in [-0.3, -0.25) is 0 Å². The van der Waals surface area contributed by atoms with E-state index in [0.717, 1.165) is 6.42 Å². The average molecular weight is 164 g/mol. The van der Waals surface area contributed by atoms with Gasteiger partial charge in [0, 0.05) is 12.8 Å². The van der Waals surface area contributed by atoms with E-state index in [1.165, 1.54) is 0 Å². The molecule has 0 amide bonds. The van der Waals surface area contributed by atoms with Crippen LogP contribution in [-0.2, 0) is 0 Å². The Morgan fingerprint density at radius 2 is 1.55 bits per heavy atom. The molecule has 11 heavy (non-hydrogen) atoms. The third kappa shape index (κ3) is 2.76. The van der Waals surface area contributed by atoms with E-state index < -0.39 is 5.92 Å². The predicted octanol–water partition coefficient (Wildman–Crippen LogP) is 3.86. The maximum atomic E-state index is 12.2. The first-order valence-electron chi connectivity index (χ1n) is 4.35. The van der Waals surface area contributed by atoms with E-state index in [0.29, 0.717) is 0 Å². The van der Waals surface area contributed by atoms with Crippen LogP contribution in [0.5, 0.6) is 0 Å². The zero-order valence-electron chi connectivity index (χ0n) is 7.88. The number of hydrogen-bond acceptors (Lipinski definition) is 0. The SMILES string of the molecule is CC.CCC1(C)CC(F)(F)C1. The van der Waals surface area contributed by atoms with E-state index in [1.807, 2.05) is 27.7 Å². The van der Waals surface area contributed by atoms with Gasteiger partial charge in [0.05, 0.1) is 0 Å². The second kappa shape index (κ2) is 3.51. The molecule has 0 radical (unpaired) electrons. The van der Waals surface area contributed by atoms with Crippen LogP contribution in [0, 0.1) is 5.41 Å². The lowest BCUT2D eigenvalue weighted by Gasteiger charge is -2.44. The summed E-state index contributed by atoms with van der Waals surface area (Å²) in [5, 5.41) is 0. The normalized spacial score (nSPS) is 24.5. The van der Waals surface area contributed by atoms with Crippen LogP contribution in [0.4, 0.5) is 8.78 Å². The molecule has 1 aliphatic rings. The van der Waals surface area contributed by atoms with Gasteiger partial charge in [-0.2, -0.15) is 0 Å². The zero-order chi connectivity index (χ0) is 9.12. The van der Waals surface area contributed by atoms with Crippen molar-refractivity contribution in [3.8, 4) is 0 Å². The Kier molecular flexibility index (Phi) is 3.46. The monoisotopic (exact) mass is 164 g/mol. The smallest absolute Gasteiger partial charge is 0.207 e. The highest BCUT2D eigenvalue weighted by Crippen LogP contribution is 2.53. The standard InChI is InChI=1S/C7H12F2.C2H6/c1-3-6(2)4-7(8,9)5-6;1-2/h3-5H2,1-2H3;1-2H3. The Balaban J connectivity index is 0.000000461. The summed E-state index contributed by atoms with van der Waals surface area (Å²) in [6.07, 6.45) is 1.07. The van der Waals surface area contributed by atoms with Gasteiger partial charge in [-0.05, 0) is 5.41 Å². The van der Waals surface area contributed by atoms with E-state index >= 15 is 0 Å². The van der Waals surface area contributed by atoms with Crippen LogP contribution in [-0.4, -0.2) is 5.92 Å². The van der Waals surface area contributed by atoms with Crippen LogP contribution >= 0.6 is 0 Å². The molecule has 1 aliphatic carbocycles.